The van der Waals surface area contributed by atoms with Crippen LogP contribution in [-0.2, 0) is 0 Å². The predicted molar refractivity (Wildman–Crippen MR) is 54.0 cm³/mol. The van der Waals surface area contributed by atoms with Crippen LogP contribution in [0.5, 0.6) is 0 Å². The van der Waals surface area contributed by atoms with Crippen molar-refractivity contribution < 1.29 is 4.79 Å². The summed E-state index contributed by atoms with van der Waals surface area (Å²) >= 11 is 1.34. The molecule has 0 aromatic carbocycles. The van der Waals surface area contributed by atoms with Gasteiger partial charge in [0.05, 0.1) is 6.20 Å². The highest BCUT2D eigenvalue weighted by Gasteiger charge is 2.07. The Hall–Kier alpha value is -1.49. The number of aryl methyl sites for hydroxylation is 1. The first-order valence-corrected chi connectivity index (χ1v) is 5.03. The molecular weight excluding hydrogens is 198 g/mol. The summed E-state index contributed by atoms with van der Waals surface area (Å²) in [6.45, 7) is 3.47. The zero-order chi connectivity index (χ0) is 10.1. The highest BCUT2D eigenvalue weighted by atomic mass is 32.1. The van der Waals surface area contributed by atoms with Crippen LogP contribution < -0.4 is 0 Å². The summed E-state index contributed by atoms with van der Waals surface area (Å²) in [7, 11) is 0. The van der Waals surface area contributed by atoms with E-state index >= 15 is 0 Å². The molecule has 0 aliphatic heterocycles. The van der Waals surface area contributed by atoms with E-state index in [1.165, 1.54) is 18.3 Å². The number of carbonyl (C=O) groups is 1. The molecule has 0 saturated carbocycles. The Kier molecular flexibility index (Phi) is 2.17. The smallest absolute Gasteiger partial charge is 0.188 e. The monoisotopic (exact) mass is 207 g/mol. The third kappa shape index (κ3) is 1.58. The number of hydrogen-bond donors (Lipinski definition) is 0. The number of carbonyl (C=O) groups excluding carboxylic acids is 1. The van der Waals surface area contributed by atoms with Gasteiger partial charge in [0.2, 0.25) is 0 Å². The number of rotatable bonds is 2. The first kappa shape index (κ1) is 9.08. The molecule has 0 spiro atoms. The Morgan fingerprint density at radius 3 is 2.86 bits per heavy atom. The zero-order valence-corrected chi connectivity index (χ0v) is 8.71. The molecule has 0 unspecified atom stereocenters. The third-order valence-electron chi connectivity index (χ3n) is 1.74. The van der Waals surface area contributed by atoms with Crippen LogP contribution in [0.25, 0.3) is 5.82 Å². The van der Waals surface area contributed by atoms with Crippen LogP contribution in [0.4, 0.5) is 0 Å². The average Bonchev–Trinajstić information content (AvgIpc) is 2.70. The lowest BCUT2D eigenvalue weighted by Crippen LogP contribution is -1.96. The van der Waals surface area contributed by atoms with Crippen molar-refractivity contribution in [3.63, 3.8) is 0 Å². The molecular formula is C9H9N3OS. The van der Waals surface area contributed by atoms with Gasteiger partial charge in [-0.3, -0.25) is 4.79 Å². The maximum atomic E-state index is 11.0. The molecule has 0 atom stereocenters. The van der Waals surface area contributed by atoms with E-state index in [1.54, 1.807) is 10.9 Å². The Labute approximate surface area is 85.2 Å². The number of nitrogens with zero attached hydrogens (tertiary/aromatic N) is 3. The number of Topliss-reactive ketones (excluding diaryl/α,β-unsaturated/α-hetero) is 1. The van der Waals surface area contributed by atoms with Gasteiger partial charge in [0.15, 0.2) is 16.6 Å². The molecule has 0 amide bonds. The molecule has 4 nitrogen and oxygen atoms in total. The van der Waals surface area contributed by atoms with Crippen LogP contribution in [0.15, 0.2) is 17.8 Å². The summed E-state index contributed by atoms with van der Waals surface area (Å²) in [5.74, 6) is 0.693. The molecule has 0 saturated heterocycles. The summed E-state index contributed by atoms with van der Waals surface area (Å²) in [5.41, 5.74) is 1.07. The minimum Gasteiger partial charge on any atom is -0.292 e. The predicted octanol–water partition coefficient (Wildman–Crippen LogP) is 1.84. The molecule has 14 heavy (non-hydrogen) atoms. The summed E-state index contributed by atoms with van der Waals surface area (Å²) in [4.78, 5) is 15.2. The highest BCUT2D eigenvalue weighted by Crippen LogP contribution is 2.13. The van der Waals surface area contributed by atoms with Crippen molar-refractivity contribution in [2.24, 2.45) is 0 Å². The van der Waals surface area contributed by atoms with Gasteiger partial charge >= 0.3 is 0 Å². The Morgan fingerprint density at radius 2 is 2.36 bits per heavy atom. The molecule has 0 radical (unpaired) electrons. The van der Waals surface area contributed by atoms with Crippen molar-refractivity contribution in [1.29, 1.82) is 0 Å². The van der Waals surface area contributed by atoms with E-state index in [2.05, 4.69) is 10.1 Å². The lowest BCUT2D eigenvalue weighted by Gasteiger charge is -1.92. The zero-order valence-electron chi connectivity index (χ0n) is 7.89. The number of hydrogen-bond acceptors (Lipinski definition) is 4. The molecule has 0 N–H and O–H groups in total. The lowest BCUT2D eigenvalue weighted by atomic mass is 10.4. The van der Waals surface area contributed by atoms with Gasteiger partial charge in [-0.1, -0.05) is 0 Å². The second-order valence-electron chi connectivity index (χ2n) is 3.03. The van der Waals surface area contributed by atoms with Crippen LogP contribution in [0, 0.1) is 6.92 Å². The van der Waals surface area contributed by atoms with Crippen molar-refractivity contribution in [2.45, 2.75) is 13.8 Å². The van der Waals surface area contributed by atoms with Gasteiger partial charge in [0.1, 0.15) is 0 Å². The van der Waals surface area contributed by atoms with Crippen LogP contribution in [0.1, 0.15) is 22.3 Å². The van der Waals surface area contributed by atoms with Crippen molar-refractivity contribution in [3.8, 4) is 5.82 Å². The van der Waals surface area contributed by atoms with E-state index in [4.69, 9.17) is 0 Å². The third-order valence-corrected chi connectivity index (χ3v) is 2.67. The Morgan fingerprint density at radius 1 is 1.57 bits per heavy atom. The second-order valence-corrected chi connectivity index (χ2v) is 3.89. The average molecular weight is 207 g/mol. The van der Waals surface area contributed by atoms with Crippen LogP contribution in [0.3, 0.4) is 0 Å². The maximum absolute atomic E-state index is 11.0. The van der Waals surface area contributed by atoms with Gasteiger partial charge in [-0.05, 0) is 12.5 Å². The molecule has 0 aliphatic carbocycles. The second kappa shape index (κ2) is 3.34. The van der Waals surface area contributed by atoms with Crippen LogP contribution >= 0.6 is 11.3 Å². The van der Waals surface area contributed by atoms with E-state index in [0.717, 1.165) is 5.56 Å². The van der Waals surface area contributed by atoms with Gasteiger partial charge in [-0.2, -0.15) is 5.10 Å². The first-order valence-electron chi connectivity index (χ1n) is 4.15. The maximum Gasteiger partial charge on any atom is 0.188 e. The minimum atomic E-state index is -0.00914. The van der Waals surface area contributed by atoms with Crippen LogP contribution in [0.2, 0.25) is 0 Å². The SMILES string of the molecule is CC(=O)c1nc(-n2cc(C)cn2)cs1. The van der Waals surface area contributed by atoms with Crippen LogP contribution in [-0.4, -0.2) is 20.5 Å². The van der Waals surface area contributed by atoms with Gasteiger partial charge in [0.25, 0.3) is 0 Å². The normalized spacial score (nSPS) is 10.4. The van der Waals surface area contributed by atoms with Gasteiger partial charge < -0.3 is 0 Å². The summed E-state index contributed by atoms with van der Waals surface area (Å²) in [6.07, 6.45) is 3.63. The largest absolute Gasteiger partial charge is 0.292 e. The molecule has 0 fully saturated rings. The standard InChI is InChI=1S/C9H9N3OS/c1-6-3-10-12(4-6)8-5-14-9(11-8)7(2)13/h3-5H,1-2H3. The fourth-order valence-corrected chi connectivity index (χ4v) is 1.76. The quantitative estimate of drug-likeness (QED) is 0.706. The van der Waals surface area contributed by atoms with Gasteiger partial charge in [0, 0.05) is 18.5 Å². The number of ketones is 1. The van der Waals surface area contributed by atoms with E-state index in [0.29, 0.717) is 10.8 Å². The summed E-state index contributed by atoms with van der Waals surface area (Å²) < 4.78 is 1.66. The minimum absolute atomic E-state index is 0.00914. The molecule has 2 aromatic heterocycles. The first-order chi connectivity index (χ1) is 6.66. The van der Waals surface area contributed by atoms with Crippen molar-refractivity contribution in [1.82, 2.24) is 14.8 Å². The highest BCUT2D eigenvalue weighted by molar-refractivity contribution is 7.11. The number of thiazole rings is 1. The van der Waals surface area contributed by atoms with Crippen molar-refractivity contribution in [2.75, 3.05) is 0 Å². The van der Waals surface area contributed by atoms with E-state index in [-0.39, 0.29) is 5.78 Å². The molecule has 0 aliphatic rings. The molecule has 2 rings (SSSR count). The van der Waals surface area contributed by atoms with E-state index in [9.17, 15) is 4.79 Å². The fraction of sp³-hybridized carbons (Fsp3) is 0.222. The fourth-order valence-electron chi connectivity index (χ4n) is 1.07. The van der Waals surface area contributed by atoms with E-state index < -0.39 is 0 Å². The topological polar surface area (TPSA) is 47.8 Å². The summed E-state index contributed by atoms with van der Waals surface area (Å²) in [6, 6.07) is 0. The molecule has 2 aromatic rings. The lowest BCUT2D eigenvalue weighted by molar-refractivity contribution is 0.101. The van der Waals surface area contributed by atoms with Crippen molar-refractivity contribution >= 4 is 17.1 Å². The Bertz CT molecular complexity index is 472. The molecule has 2 heterocycles. The molecule has 5 heteroatoms. The number of aromatic nitrogens is 3. The van der Waals surface area contributed by atoms with Crippen molar-refractivity contribution in [3.05, 3.63) is 28.3 Å². The summed E-state index contributed by atoms with van der Waals surface area (Å²) in [5, 5.41) is 6.45. The van der Waals surface area contributed by atoms with Gasteiger partial charge in [-0.15, -0.1) is 11.3 Å². The Balaban J connectivity index is 2.38. The van der Waals surface area contributed by atoms with Gasteiger partial charge in [-0.25, -0.2) is 9.67 Å². The molecule has 0 bridgehead atoms. The van der Waals surface area contributed by atoms with E-state index in [1.807, 2.05) is 18.5 Å². The molecule has 72 valence electrons.